The average molecular weight is 311 g/mol. The number of benzene rings is 2. The van der Waals surface area contributed by atoms with Crippen molar-refractivity contribution in [2.45, 2.75) is 51.2 Å². The van der Waals surface area contributed by atoms with Crippen molar-refractivity contribution in [2.24, 2.45) is 0 Å². The Kier molecular flexibility index (Phi) is 4.51. The zero-order chi connectivity index (χ0) is 15.5. The molecule has 2 aromatic carbocycles. The SMILES string of the molecule is CCC1(CC)CCC[Si](c2ccccc2)(c2ccccc2)O1. The van der Waals surface area contributed by atoms with Crippen LogP contribution in [0.3, 0.4) is 0 Å². The van der Waals surface area contributed by atoms with E-state index in [9.17, 15) is 0 Å². The number of hydrogen-bond donors (Lipinski definition) is 0. The molecule has 0 atom stereocenters. The van der Waals surface area contributed by atoms with E-state index in [-0.39, 0.29) is 5.60 Å². The van der Waals surface area contributed by atoms with Crippen molar-refractivity contribution in [1.29, 1.82) is 0 Å². The Labute approximate surface area is 135 Å². The van der Waals surface area contributed by atoms with E-state index in [4.69, 9.17) is 4.43 Å². The predicted octanol–water partition coefficient (Wildman–Crippen LogP) is 4.12. The fourth-order valence-corrected chi connectivity index (χ4v) is 8.38. The van der Waals surface area contributed by atoms with Crippen molar-refractivity contribution < 1.29 is 4.43 Å². The van der Waals surface area contributed by atoms with Crippen LogP contribution in [0.1, 0.15) is 39.5 Å². The van der Waals surface area contributed by atoms with Crippen molar-refractivity contribution in [3.63, 3.8) is 0 Å². The van der Waals surface area contributed by atoms with Crippen LogP contribution in [0.5, 0.6) is 0 Å². The summed E-state index contributed by atoms with van der Waals surface area (Å²) in [4.78, 5) is 0. The molecule has 0 spiro atoms. The normalized spacial score (nSPS) is 19.7. The largest absolute Gasteiger partial charge is 0.402 e. The molecule has 3 rings (SSSR count). The monoisotopic (exact) mass is 310 g/mol. The van der Waals surface area contributed by atoms with Crippen molar-refractivity contribution in [3.05, 3.63) is 60.7 Å². The van der Waals surface area contributed by atoms with Gasteiger partial charge in [-0.3, -0.25) is 0 Å². The third kappa shape index (κ3) is 2.66. The molecule has 2 aromatic rings. The maximum atomic E-state index is 7.07. The lowest BCUT2D eigenvalue weighted by Gasteiger charge is -2.47. The highest BCUT2D eigenvalue weighted by molar-refractivity contribution is 6.97. The molecule has 0 radical (unpaired) electrons. The van der Waals surface area contributed by atoms with Gasteiger partial charge in [0, 0.05) is 0 Å². The molecule has 1 fully saturated rings. The van der Waals surface area contributed by atoms with E-state index in [0.717, 1.165) is 12.8 Å². The number of rotatable bonds is 4. The van der Waals surface area contributed by atoms with Gasteiger partial charge in [-0.05, 0) is 35.7 Å². The van der Waals surface area contributed by atoms with Gasteiger partial charge < -0.3 is 4.43 Å². The Morgan fingerprint density at radius 3 is 1.82 bits per heavy atom. The van der Waals surface area contributed by atoms with E-state index < -0.39 is 8.32 Å². The maximum absolute atomic E-state index is 7.07. The van der Waals surface area contributed by atoms with Gasteiger partial charge in [-0.1, -0.05) is 80.9 Å². The summed E-state index contributed by atoms with van der Waals surface area (Å²) in [7, 11) is -2.11. The molecule has 0 unspecified atom stereocenters. The minimum absolute atomic E-state index is 0.0656. The molecule has 1 nitrogen and oxygen atoms in total. The molecule has 22 heavy (non-hydrogen) atoms. The second kappa shape index (κ2) is 6.39. The van der Waals surface area contributed by atoms with Gasteiger partial charge in [-0.2, -0.15) is 0 Å². The van der Waals surface area contributed by atoms with Gasteiger partial charge in [-0.15, -0.1) is 0 Å². The minimum atomic E-state index is -2.11. The Hall–Kier alpha value is -1.38. The van der Waals surface area contributed by atoms with Crippen LogP contribution in [-0.4, -0.2) is 13.9 Å². The van der Waals surface area contributed by atoms with E-state index in [0.29, 0.717) is 0 Å². The summed E-state index contributed by atoms with van der Waals surface area (Å²) in [5, 5.41) is 2.85. The molecule has 0 bridgehead atoms. The minimum Gasteiger partial charge on any atom is -0.402 e. The van der Waals surface area contributed by atoms with Gasteiger partial charge in [0.15, 0.2) is 0 Å². The van der Waals surface area contributed by atoms with Crippen LogP contribution < -0.4 is 10.4 Å². The second-order valence-electron chi connectivity index (χ2n) is 6.40. The first kappa shape index (κ1) is 15.5. The van der Waals surface area contributed by atoms with E-state index in [1.807, 2.05) is 0 Å². The lowest BCUT2D eigenvalue weighted by atomic mass is 9.92. The first-order chi connectivity index (χ1) is 10.7. The zero-order valence-electron chi connectivity index (χ0n) is 13.7. The summed E-state index contributed by atoms with van der Waals surface area (Å²) in [6.07, 6.45) is 4.70. The highest BCUT2D eigenvalue weighted by Gasteiger charge is 2.48. The highest BCUT2D eigenvalue weighted by Crippen LogP contribution is 2.37. The van der Waals surface area contributed by atoms with E-state index >= 15 is 0 Å². The molecule has 0 aromatic heterocycles. The van der Waals surface area contributed by atoms with Gasteiger partial charge in [0.05, 0.1) is 5.60 Å². The average Bonchev–Trinajstić information content (AvgIpc) is 2.63. The molecule has 0 saturated carbocycles. The molecule has 1 aliphatic rings. The molecule has 2 heteroatoms. The maximum Gasteiger partial charge on any atom is 0.256 e. The summed E-state index contributed by atoms with van der Waals surface area (Å²) in [6.45, 7) is 4.56. The molecule has 1 saturated heterocycles. The van der Waals surface area contributed by atoms with Gasteiger partial charge in [0.25, 0.3) is 8.32 Å². The van der Waals surface area contributed by atoms with Gasteiger partial charge in [0.1, 0.15) is 0 Å². The number of hydrogen-bond acceptors (Lipinski definition) is 1. The van der Waals surface area contributed by atoms with Crippen LogP contribution in [0.15, 0.2) is 60.7 Å². The van der Waals surface area contributed by atoms with Crippen molar-refractivity contribution in [2.75, 3.05) is 0 Å². The first-order valence-electron chi connectivity index (χ1n) is 8.56. The van der Waals surface area contributed by atoms with Crippen LogP contribution in [0.2, 0.25) is 6.04 Å². The van der Waals surface area contributed by atoms with E-state index in [2.05, 4.69) is 74.5 Å². The zero-order valence-corrected chi connectivity index (χ0v) is 14.7. The van der Waals surface area contributed by atoms with Crippen LogP contribution in [-0.2, 0) is 4.43 Å². The Bertz CT molecular complexity index is 550. The smallest absolute Gasteiger partial charge is 0.256 e. The van der Waals surface area contributed by atoms with Crippen LogP contribution in [0, 0.1) is 0 Å². The summed E-state index contributed by atoms with van der Waals surface area (Å²) in [6, 6.07) is 23.1. The molecule has 116 valence electrons. The molecule has 0 N–H and O–H groups in total. The molecular formula is C20H26OSi. The summed E-state index contributed by atoms with van der Waals surface area (Å²) in [5.41, 5.74) is 0.0656. The first-order valence-corrected chi connectivity index (χ1v) is 10.7. The molecule has 1 aliphatic heterocycles. The van der Waals surface area contributed by atoms with Crippen molar-refractivity contribution in [1.82, 2.24) is 0 Å². The predicted molar refractivity (Wildman–Crippen MR) is 96.3 cm³/mol. The molecule has 0 aliphatic carbocycles. The van der Waals surface area contributed by atoms with Gasteiger partial charge in [-0.25, -0.2) is 0 Å². The van der Waals surface area contributed by atoms with E-state index in [1.54, 1.807) is 0 Å². The highest BCUT2D eigenvalue weighted by atomic mass is 28.4. The molecule has 1 heterocycles. The Balaban J connectivity index is 2.12. The fourth-order valence-electron chi connectivity index (χ4n) is 3.87. The summed E-state index contributed by atoms with van der Waals surface area (Å²) in [5.74, 6) is 0. The standard InChI is InChI=1S/C20H26OSi/c1-3-20(4-2)16-11-17-22(21-20,18-12-7-5-8-13-18)19-14-9-6-10-15-19/h5-10,12-15H,3-4,11,16-17H2,1-2H3. The van der Waals surface area contributed by atoms with Crippen LogP contribution >= 0.6 is 0 Å². The Morgan fingerprint density at radius 1 is 0.864 bits per heavy atom. The van der Waals surface area contributed by atoms with E-state index in [1.165, 1.54) is 29.3 Å². The molecular weight excluding hydrogens is 284 g/mol. The van der Waals surface area contributed by atoms with Crippen LogP contribution in [0.25, 0.3) is 0 Å². The van der Waals surface area contributed by atoms with Gasteiger partial charge in [0.2, 0.25) is 0 Å². The quantitative estimate of drug-likeness (QED) is 0.772. The lowest BCUT2D eigenvalue weighted by Crippen LogP contribution is -2.66. The third-order valence-electron chi connectivity index (χ3n) is 5.32. The van der Waals surface area contributed by atoms with Crippen molar-refractivity contribution in [3.8, 4) is 0 Å². The van der Waals surface area contributed by atoms with Crippen LogP contribution in [0.4, 0.5) is 0 Å². The van der Waals surface area contributed by atoms with Crippen molar-refractivity contribution >= 4 is 18.7 Å². The third-order valence-corrected chi connectivity index (χ3v) is 9.69. The summed E-state index contributed by atoms with van der Waals surface area (Å²) < 4.78 is 7.07. The Morgan fingerprint density at radius 2 is 1.36 bits per heavy atom. The topological polar surface area (TPSA) is 9.23 Å². The molecule has 0 amide bonds. The fraction of sp³-hybridized carbons (Fsp3) is 0.400. The second-order valence-corrected chi connectivity index (χ2v) is 9.92. The lowest BCUT2D eigenvalue weighted by molar-refractivity contribution is 0.0310. The summed E-state index contributed by atoms with van der Waals surface area (Å²) >= 11 is 0. The van der Waals surface area contributed by atoms with Gasteiger partial charge >= 0.3 is 0 Å².